The van der Waals surface area contributed by atoms with E-state index in [2.05, 4.69) is 10.00 Å². The molecule has 0 saturated carbocycles. The first-order valence-corrected chi connectivity index (χ1v) is 9.35. The molecular weight excluding hydrogens is 316 g/mol. The van der Waals surface area contributed by atoms with E-state index in [1.807, 2.05) is 30.3 Å². The molecule has 0 spiro atoms. The molecule has 2 aromatic rings. The van der Waals surface area contributed by atoms with Gasteiger partial charge in [0.2, 0.25) is 0 Å². The van der Waals surface area contributed by atoms with E-state index in [0.29, 0.717) is 19.7 Å². The highest BCUT2D eigenvalue weighted by Gasteiger charge is 2.11. The van der Waals surface area contributed by atoms with Crippen LogP contribution in [0, 0.1) is 0 Å². The Hall–Kier alpha value is -2.08. The lowest BCUT2D eigenvalue weighted by molar-refractivity contribution is 0.216. The second kappa shape index (κ2) is 9.42. The van der Waals surface area contributed by atoms with Crippen LogP contribution >= 0.6 is 0 Å². The summed E-state index contributed by atoms with van der Waals surface area (Å²) in [5, 5.41) is 4.26. The lowest BCUT2D eigenvalue weighted by Gasteiger charge is -2.25. The van der Waals surface area contributed by atoms with Crippen molar-refractivity contribution in [1.29, 1.82) is 0 Å². The number of aromatic nitrogens is 3. The van der Waals surface area contributed by atoms with Gasteiger partial charge in [0.05, 0.1) is 13.2 Å². The summed E-state index contributed by atoms with van der Waals surface area (Å²) < 4.78 is 8.97. The second-order valence-electron chi connectivity index (χ2n) is 6.60. The van der Waals surface area contributed by atoms with Crippen molar-refractivity contribution in [1.82, 2.24) is 19.2 Å². The minimum absolute atomic E-state index is 0.000914. The van der Waals surface area contributed by atoms with E-state index in [-0.39, 0.29) is 5.69 Å². The number of likely N-dealkylation sites (tertiary alicyclic amines) is 1. The molecule has 0 aliphatic carbocycles. The van der Waals surface area contributed by atoms with Crippen molar-refractivity contribution < 1.29 is 4.74 Å². The van der Waals surface area contributed by atoms with Gasteiger partial charge in [-0.2, -0.15) is 5.10 Å². The van der Waals surface area contributed by atoms with Crippen LogP contribution in [0.1, 0.15) is 32.1 Å². The maximum atomic E-state index is 12.3. The number of hydrogen-bond donors (Lipinski definition) is 0. The third-order valence-electron chi connectivity index (χ3n) is 4.68. The highest BCUT2D eigenvalue weighted by molar-refractivity contribution is 5.20. The molecule has 1 aromatic heterocycles. The summed E-state index contributed by atoms with van der Waals surface area (Å²) in [5.74, 6) is 0.894. The van der Waals surface area contributed by atoms with Crippen molar-refractivity contribution in [3.05, 3.63) is 47.1 Å². The number of unbranched alkanes of at least 4 members (excludes halogenated alkanes) is 1. The second-order valence-corrected chi connectivity index (χ2v) is 6.60. The van der Waals surface area contributed by atoms with Crippen LogP contribution in [0.25, 0.3) is 0 Å². The van der Waals surface area contributed by atoms with E-state index in [9.17, 15) is 4.79 Å². The quantitative estimate of drug-likeness (QED) is 0.656. The SMILES string of the molecule is O=c1n(CCCCOc2ccccc2)cnn1CCN1CCCCC1. The molecule has 1 saturated heterocycles. The molecule has 136 valence electrons. The molecule has 2 heterocycles. The molecule has 0 unspecified atom stereocenters. The van der Waals surface area contributed by atoms with Crippen LogP contribution in [-0.2, 0) is 13.1 Å². The standard InChI is InChI=1S/C19H28N4O2/c24-19-22(13-7-8-16-25-18-9-3-1-4-10-18)17-20-23(19)15-14-21-11-5-2-6-12-21/h1,3-4,9-10,17H,2,5-8,11-16H2. The van der Waals surface area contributed by atoms with Gasteiger partial charge in [-0.15, -0.1) is 0 Å². The minimum Gasteiger partial charge on any atom is -0.494 e. The van der Waals surface area contributed by atoms with Crippen molar-refractivity contribution in [2.45, 2.75) is 45.2 Å². The van der Waals surface area contributed by atoms with E-state index in [1.54, 1.807) is 15.6 Å². The number of ether oxygens (including phenoxy) is 1. The first-order chi connectivity index (χ1) is 12.3. The monoisotopic (exact) mass is 344 g/mol. The average Bonchev–Trinajstić information content (AvgIpc) is 3.01. The Morgan fingerprint density at radius 1 is 0.960 bits per heavy atom. The number of aryl methyl sites for hydroxylation is 1. The Balaban J connectivity index is 1.36. The molecule has 6 heteroatoms. The summed E-state index contributed by atoms with van der Waals surface area (Å²) in [6.07, 6.45) is 7.36. The van der Waals surface area contributed by atoms with Crippen molar-refractivity contribution in [3.63, 3.8) is 0 Å². The lowest BCUT2D eigenvalue weighted by Crippen LogP contribution is -2.35. The number of nitrogens with zero attached hydrogens (tertiary/aromatic N) is 4. The fourth-order valence-electron chi connectivity index (χ4n) is 3.19. The van der Waals surface area contributed by atoms with Crippen molar-refractivity contribution in [2.24, 2.45) is 0 Å². The van der Waals surface area contributed by atoms with Gasteiger partial charge >= 0.3 is 5.69 Å². The molecule has 0 bridgehead atoms. The van der Waals surface area contributed by atoms with E-state index >= 15 is 0 Å². The smallest absolute Gasteiger partial charge is 0.345 e. The molecule has 6 nitrogen and oxygen atoms in total. The van der Waals surface area contributed by atoms with Gasteiger partial charge in [-0.3, -0.25) is 4.57 Å². The molecule has 0 atom stereocenters. The zero-order chi connectivity index (χ0) is 17.3. The molecular formula is C19H28N4O2. The molecule has 1 aliphatic heterocycles. The highest BCUT2D eigenvalue weighted by atomic mass is 16.5. The van der Waals surface area contributed by atoms with Gasteiger partial charge in [-0.25, -0.2) is 9.48 Å². The number of hydrogen-bond acceptors (Lipinski definition) is 4. The van der Waals surface area contributed by atoms with Gasteiger partial charge in [0.25, 0.3) is 0 Å². The minimum atomic E-state index is 0.000914. The summed E-state index contributed by atoms with van der Waals surface area (Å²) in [5.41, 5.74) is 0.000914. The Morgan fingerprint density at radius 2 is 1.76 bits per heavy atom. The Bertz CT molecular complexity index is 674. The largest absolute Gasteiger partial charge is 0.494 e. The van der Waals surface area contributed by atoms with Crippen LogP contribution in [0.3, 0.4) is 0 Å². The van der Waals surface area contributed by atoms with Crippen molar-refractivity contribution in [2.75, 3.05) is 26.2 Å². The molecule has 1 aliphatic rings. The van der Waals surface area contributed by atoms with Crippen LogP contribution in [0.4, 0.5) is 0 Å². The predicted octanol–water partition coefficient (Wildman–Crippen LogP) is 2.39. The Morgan fingerprint density at radius 3 is 2.56 bits per heavy atom. The summed E-state index contributed by atoms with van der Waals surface area (Å²) >= 11 is 0. The maximum Gasteiger partial charge on any atom is 0.345 e. The summed E-state index contributed by atoms with van der Waals surface area (Å²) in [6, 6.07) is 9.82. The van der Waals surface area contributed by atoms with Gasteiger partial charge in [0.1, 0.15) is 12.1 Å². The third-order valence-corrected chi connectivity index (χ3v) is 4.68. The van der Waals surface area contributed by atoms with Gasteiger partial charge in [-0.1, -0.05) is 24.6 Å². The van der Waals surface area contributed by atoms with E-state index in [1.165, 1.54) is 19.3 Å². The topological polar surface area (TPSA) is 52.3 Å². The zero-order valence-electron chi connectivity index (χ0n) is 14.8. The average molecular weight is 344 g/mol. The molecule has 1 aromatic carbocycles. The van der Waals surface area contributed by atoms with Gasteiger partial charge in [0, 0.05) is 13.1 Å². The first-order valence-electron chi connectivity index (χ1n) is 9.35. The number of para-hydroxylation sites is 1. The van der Waals surface area contributed by atoms with E-state index < -0.39 is 0 Å². The van der Waals surface area contributed by atoms with Gasteiger partial charge < -0.3 is 9.64 Å². The van der Waals surface area contributed by atoms with E-state index in [4.69, 9.17) is 4.74 Å². The van der Waals surface area contributed by atoms with E-state index in [0.717, 1.165) is 38.2 Å². The van der Waals surface area contributed by atoms with Crippen LogP contribution in [0.2, 0.25) is 0 Å². The number of piperidine rings is 1. The van der Waals surface area contributed by atoms with Crippen LogP contribution in [0.5, 0.6) is 5.75 Å². The van der Waals surface area contributed by atoms with Crippen molar-refractivity contribution in [3.8, 4) is 5.75 Å². The fraction of sp³-hybridized carbons (Fsp3) is 0.579. The lowest BCUT2D eigenvalue weighted by atomic mass is 10.1. The van der Waals surface area contributed by atoms with Crippen molar-refractivity contribution >= 4 is 0 Å². The molecule has 0 N–H and O–H groups in total. The molecule has 0 radical (unpaired) electrons. The zero-order valence-corrected chi connectivity index (χ0v) is 14.8. The summed E-state index contributed by atoms with van der Waals surface area (Å²) in [4.78, 5) is 14.8. The highest BCUT2D eigenvalue weighted by Crippen LogP contribution is 2.09. The van der Waals surface area contributed by atoms with Crippen LogP contribution in [0.15, 0.2) is 41.5 Å². The molecule has 25 heavy (non-hydrogen) atoms. The first kappa shape index (κ1) is 17.7. The maximum absolute atomic E-state index is 12.3. The normalized spacial score (nSPS) is 15.4. The molecule has 0 amide bonds. The van der Waals surface area contributed by atoms with Crippen LogP contribution in [-0.4, -0.2) is 45.5 Å². The fourth-order valence-corrected chi connectivity index (χ4v) is 3.19. The number of rotatable bonds is 9. The van der Waals surface area contributed by atoms with Crippen LogP contribution < -0.4 is 10.4 Å². The summed E-state index contributed by atoms with van der Waals surface area (Å²) in [6.45, 7) is 5.26. The molecule has 1 fully saturated rings. The van der Waals surface area contributed by atoms with Gasteiger partial charge in [-0.05, 0) is 50.9 Å². The van der Waals surface area contributed by atoms with Gasteiger partial charge in [0.15, 0.2) is 0 Å². The Labute approximate surface area is 149 Å². The predicted molar refractivity (Wildman–Crippen MR) is 97.9 cm³/mol. The molecule has 3 rings (SSSR count). The third kappa shape index (κ3) is 5.46. The summed E-state index contributed by atoms with van der Waals surface area (Å²) in [7, 11) is 0. The Kier molecular flexibility index (Phi) is 6.68. The number of benzene rings is 1.